The third kappa shape index (κ3) is 10.1. The Balaban J connectivity index is 0.000000168. The van der Waals surface area contributed by atoms with Crippen LogP contribution in [0.3, 0.4) is 0 Å². The van der Waals surface area contributed by atoms with Crippen molar-refractivity contribution in [3.05, 3.63) is 120 Å². The fraction of sp³-hybridized carbons (Fsp3) is 0.265. The molecule has 0 bridgehead atoms. The Morgan fingerprint density at radius 3 is 1.81 bits per heavy atom. The molecule has 2 aliphatic rings. The number of pyridine rings is 1. The van der Waals surface area contributed by atoms with Gasteiger partial charge >= 0.3 is 0 Å². The summed E-state index contributed by atoms with van der Waals surface area (Å²) >= 11 is 35.1. The molecule has 5 aromatic rings. The van der Waals surface area contributed by atoms with E-state index in [4.69, 9.17) is 80.6 Å². The van der Waals surface area contributed by atoms with Crippen molar-refractivity contribution in [3.63, 3.8) is 0 Å². The molecule has 14 heteroatoms. The molecule has 0 saturated heterocycles. The molecule has 0 atom stereocenters. The molecule has 2 fully saturated rings. The summed E-state index contributed by atoms with van der Waals surface area (Å²) in [6, 6.07) is 20.8. The second-order valence-electron chi connectivity index (χ2n) is 11.6. The zero-order valence-corrected chi connectivity index (χ0v) is 29.9. The molecular formula is C34H30Cl6FN7. The molecule has 5 N–H and O–H groups in total. The van der Waals surface area contributed by atoms with E-state index in [-0.39, 0.29) is 11.1 Å². The minimum atomic E-state index is -0.532. The summed E-state index contributed by atoms with van der Waals surface area (Å²) < 4.78 is 13.1. The average molecular weight is 768 g/mol. The van der Waals surface area contributed by atoms with Crippen molar-refractivity contribution in [2.75, 3.05) is 18.4 Å². The molecule has 0 spiro atoms. The van der Waals surface area contributed by atoms with Gasteiger partial charge in [0.1, 0.15) is 0 Å². The molecule has 250 valence electrons. The van der Waals surface area contributed by atoms with Crippen LogP contribution in [0.15, 0.2) is 66.7 Å². The predicted octanol–water partition coefficient (Wildman–Crippen LogP) is 10.3. The number of benzene rings is 3. The van der Waals surface area contributed by atoms with Crippen LogP contribution in [0.2, 0.25) is 30.1 Å². The van der Waals surface area contributed by atoms with E-state index in [0.29, 0.717) is 52.8 Å². The van der Waals surface area contributed by atoms with Gasteiger partial charge in [-0.3, -0.25) is 0 Å². The maximum absolute atomic E-state index is 13.1. The molecule has 0 amide bonds. The number of anilines is 1. The highest BCUT2D eigenvalue weighted by atomic mass is 35.5. The van der Waals surface area contributed by atoms with E-state index in [0.717, 1.165) is 56.3 Å². The molecule has 0 aliphatic heterocycles. The van der Waals surface area contributed by atoms with E-state index >= 15 is 0 Å². The van der Waals surface area contributed by atoms with Gasteiger partial charge in [0.25, 0.3) is 0 Å². The van der Waals surface area contributed by atoms with Gasteiger partial charge in [-0.1, -0.05) is 69.6 Å². The van der Waals surface area contributed by atoms with Gasteiger partial charge < -0.3 is 21.4 Å². The molecule has 2 aromatic heterocycles. The quantitative estimate of drug-likeness (QED) is 0.0923. The lowest BCUT2D eigenvalue weighted by Crippen LogP contribution is -2.30. The lowest BCUT2D eigenvalue weighted by Gasteiger charge is -2.18. The minimum absolute atomic E-state index is 0.00461. The van der Waals surface area contributed by atoms with Gasteiger partial charge in [-0.15, -0.1) is 0 Å². The topological polar surface area (TPSA) is 115 Å². The Kier molecular flexibility index (Phi) is 12.0. The van der Waals surface area contributed by atoms with Gasteiger partial charge in [0.15, 0.2) is 5.65 Å². The standard InChI is InChI=1S/C18H18Cl2FN5.C9H9Cl2N.C7H3Cl2N/c19-12-8-11(9-13(20)10-12)18(4-5-18)23-7-1-6-22-17-24-14-2-3-15(21)25-16(14)26-17;10-7-3-6(4-8(11)5-7)9(12)1-2-9;8-6-1-5(4-10)2-7(9)3-6/h2-3,8-10,23H,1,4-7H2,(H2,22,24,25,26);3-5H,1-2,12H2;1-3H. The first-order valence-electron chi connectivity index (χ1n) is 15.0. The average Bonchev–Trinajstić information content (AvgIpc) is 3.93. The summed E-state index contributed by atoms with van der Waals surface area (Å²) in [6.45, 7) is 1.59. The molecule has 2 aliphatic carbocycles. The maximum Gasteiger partial charge on any atom is 0.215 e. The number of nitrogens with zero attached hydrogens (tertiary/aromatic N) is 3. The third-order valence-electron chi connectivity index (χ3n) is 7.80. The van der Waals surface area contributed by atoms with Crippen LogP contribution in [0, 0.1) is 17.3 Å². The maximum atomic E-state index is 13.1. The summed E-state index contributed by atoms with van der Waals surface area (Å²) in [5, 5.41) is 18.9. The summed E-state index contributed by atoms with van der Waals surface area (Å²) in [5.41, 5.74) is 9.61. The molecule has 7 nitrogen and oxygen atoms in total. The van der Waals surface area contributed by atoms with Crippen LogP contribution in [0.1, 0.15) is 48.8 Å². The summed E-state index contributed by atoms with van der Waals surface area (Å²) in [6.07, 6.45) is 5.14. The number of nitrogens with two attached hydrogens (primary N) is 1. The van der Waals surface area contributed by atoms with Crippen molar-refractivity contribution in [1.29, 1.82) is 5.26 Å². The van der Waals surface area contributed by atoms with Gasteiger partial charge in [-0.2, -0.15) is 19.6 Å². The zero-order chi connectivity index (χ0) is 34.5. The van der Waals surface area contributed by atoms with Crippen molar-refractivity contribution >= 4 is 86.7 Å². The molecule has 48 heavy (non-hydrogen) atoms. The number of nitriles is 1. The highest BCUT2D eigenvalue weighted by Gasteiger charge is 2.44. The number of nitrogens with one attached hydrogen (secondary N) is 3. The Morgan fingerprint density at radius 1 is 0.750 bits per heavy atom. The van der Waals surface area contributed by atoms with Crippen LogP contribution in [-0.4, -0.2) is 28.0 Å². The van der Waals surface area contributed by atoms with Crippen molar-refractivity contribution in [2.45, 2.75) is 43.2 Å². The van der Waals surface area contributed by atoms with Crippen molar-refractivity contribution in [1.82, 2.24) is 20.3 Å². The van der Waals surface area contributed by atoms with Crippen LogP contribution in [0.5, 0.6) is 0 Å². The molecule has 2 saturated carbocycles. The number of fused-ring (bicyclic) bond motifs is 1. The van der Waals surface area contributed by atoms with E-state index < -0.39 is 5.95 Å². The Labute approximate surface area is 307 Å². The molecule has 0 radical (unpaired) electrons. The van der Waals surface area contributed by atoms with Gasteiger partial charge in [-0.25, -0.2) is 0 Å². The first-order chi connectivity index (χ1) is 22.9. The fourth-order valence-corrected chi connectivity index (χ4v) is 6.56. The van der Waals surface area contributed by atoms with Gasteiger partial charge in [0.05, 0.1) is 17.1 Å². The highest BCUT2D eigenvalue weighted by molar-refractivity contribution is 6.35. The van der Waals surface area contributed by atoms with Crippen LogP contribution in [-0.2, 0) is 11.1 Å². The van der Waals surface area contributed by atoms with Gasteiger partial charge in [0.2, 0.25) is 11.9 Å². The monoisotopic (exact) mass is 765 g/mol. The third-order valence-corrected chi connectivity index (χ3v) is 9.11. The molecule has 7 rings (SSSR count). The second-order valence-corrected chi connectivity index (χ2v) is 14.2. The number of H-pyrrole nitrogens is 1. The Bertz CT molecular complexity index is 1890. The van der Waals surface area contributed by atoms with E-state index in [1.54, 1.807) is 36.4 Å². The highest BCUT2D eigenvalue weighted by Crippen LogP contribution is 2.47. The van der Waals surface area contributed by atoms with Crippen LogP contribution in [0.25, 0.3) is 11.2 Å². The van der Waals surface area contributed by atoms with Crippen LogP contribution in [0.4, 0.5) is 10.3 Å². The summed E-state index contributed by atoms with van der Waals surface area (Å²) in [7, 11) is 0. The Hall–Kier alpha value is -2.84. The number of hydrogen-bond donors (Lipinski definition) is 4. The van der Waals surface area contributed by atoms with E-state index in [1.807, 2.05) is 30.3 Å². The number of aromatic nitrogens is 3. The molecule has 3 aromatic carbocycles. The second kappa shape index (κ2) is 15.8. The summed E-state index contributed by atoms with van der Waals surface area (Å²) in [5.74, 6) is 0.0662. The van der Waals surface area contributed by atoms with Crippen LogP contribution < -0.4 is 16.4 Å². The van der Waals surface area contributed by atoms with Crippen molar-refractivity contribution < 1.29 is 4.39 Å². The smallest absolute Gasteiger partial charge is 0.215 e. The minimum Gasteiger partial charge on any atom is -0.356 e. The zero-order valence-electron chi connectivity index (χ0n) is 25.4. The number of hydrogen-bond acceptors (Lipinski definition) is 6. The van der Waals surface area contributed by atoms with E-state index in [2.05, 4.69) is 25.6 Å². The molecular weight excluding hydrogens is 738 g/mol. The van der Waals surface area contributed by atoms with Gasteiger partial charge in [0, 0.05) is 47.8 Å². The molecule has 2 heterocycles. The molecule has 0 unspecified atom stereocenters. The SMILES string of the molecule is Fc1ccc2[nH]c(NCCCNC3(c4cc(Cl)cc(Cl)c4)CC3)nc2n1.N#Cc1cc(Cl)cc(Cl)c1.NC1(c2cc(Cl)cc(Cl)c2)CC1. The fourth-order valence-electron chi connectivity index (χ4n) is 4.98. The lowest BCUT2D eigenvalue weighted by atomic mass is 10.0. The number of halogens is 7. The Morgan fingerprint density at radius 2 is 1.29 bits per heavy atom. The van der Waals surface area contributed by atoms with Crippen LogP contribution >= 0.6 is 69.6 Å². The van der Waals surface area contributed by atoms with E-state index in [1.165, 1.54) is 6.07 Å². The largest absolute Gasteiger partial charge is 0.356 e. The first-order valence-corrected chi connectivity index (χ1v) is 17.2. The number of rotatable bonds is 8. The normalized spacial score (nSPS) is 15.0. The first kappa shape index (κ1) is 36.4. The van der Waals surface area contributed by atoms with Crippen molar-refractivity contribution in [2.24, 2.45) is 5.73 Å². The summed E-state index contributed by atoms with van der Waals surface area (Å²) in [4.78, 5) is 11.1. The van der Waals surface area contributed by atoms with E-state index in [9.17, 15) is 4.39 Å². The van der Waals surface area contributed by atoms with Crippen molar-refractivity contribution in [3.8, 4) is 6.07 Å². The predicted molar refractivity (Wildman–Crippen MR) is 195 cm³/mol. The number of aromatic amines is 1. The number of imidazole rings is 1. The van der Waals surface area contributed by atoms with Gasteiger partial charge in [-0.05, 0) is 117 Å². The lowest BCUT2D eigenvalue weighted by molar-refractivity contribution is 0.514.